The molecule has 0 saturated carbocycles. The maximum absolute atomic E-state index is 6.26. The third-order valence-electron chi connectivity index (χ3n) is 2.92. The Morgan fingerprint density at radius 1 is 1.53 bits per heavy atom. The van der Waals surface area contributed by atoms with E-state index in [9.17, 15) is 0 Å². The Bertz CT molecular complexity index is 436. The first-order valence-electron chi connectivity index (χ1n) is 6.13. The van der Waals surface area contributed by atoms with Crippen molar-refractivity contribution in [3.8, 4) is 0 Å². The third kappa shape index (κ3) is 5.06. The zero-order valence-electron chi connectivity index (χ0n) is 11.6. The van der Waals surface area contributed by atoms with Crippen LogP contribution in [0.1, 0.15) is 17.8 Å². The molecule has 1 rings (SSSR count). The molecule has 0 spiro atoms. The molecule has 0 saturated heterocycles. The summed E-state index contributed by atoms with van der Waals surface area (Å²) in [5.74, 6) is 0. The van der Waals surface area contributed by atoms with Crippen molar-refractivity contribution in [1.29, 1.82) is 0 Å². The van der Waals surface area contributed by atoms with Crippen LogP contribution in [0.25, 0.3) is 0 Å². The minimum absolute atomic E-state index is 0.523. The number of thiocarbonyl (C=S) groups is 1. The maximum Gasteiger partial charge on any atom is 0.0860 e. The van der Waals surface area contributed by atoms with Crippen LogP contribution in [-0.4, -0.2) is 46.5 Å². The van der Waals surface area contributed by atoms with Crippen LogP contribution in [-0.2, 0) is 18.3 Å². The van der Waals surface area contributed by atoms with E-state index in [1.54, 1.807) is 7.11 Å². The second-order valence-corrected chi connectivity index (χ2v) is 5.36. The molecule has 108 valence electrons. The number of ether oxygens (including phenoxy) is 1. The molecule has 5 nitrogen and oxygen atoms in total. The summed E-state index contributed by atoms with van der Waals surface area (Å²) in [5, 5.41) is 5.04. The maximum atomic E-state index is 6.26. The first-order chi connectivity index (χ1) is 8.95. The lowest BCUT2D eigenvalue weighted by molar-refractivity contribution is 0.144. The SMILES string of the molecule is COCCN(CCC(N)=S)Cc1c(Cl)c(C)nn1C. The van der Waals surface area contributed by atoms with Crippen molar-refractivity contribution in [2.75, 3.05) is 26.8 Å². The van der Waals surface area contributed by atoms with Crippen molar-refractivity contribution in [2.24, 2.45) is 12.8 Å². The average molecular weight is 305 g/mol. The van der Waals surface area contributed by atoms with Crippen molar-refractivity contribution in [3.63, 3.8) is 0 Å². The summed E-state index contributed by atoms with van der Waals surface area (Å²) in [5.41, 5.74) is 7.40. The highest BCUT2D eigenvalue weighted by Gasteiger charge is 2.15. The summed E-state index contributed by atoms with van der Waals surface area (Å²) in [6.07, 6.45) is 0.688. The van der Waals surface area contributed by atoms with Crippen molar-refractivity contribution in [1.82, 2.24) is 14.7 Å². The molecule has 19 heavy (non-hydrogen) atoms. The highest BCUT2D eigenvalue weighted by molar-refractivity contribution is 7.80. The zero-order chi connectivity index (χ0) is 14.4. The molecule has 7 heteroatoms. The van der Waals surface area contributed by atoms with Gasteiger partial charge in [0.15, 0.2) is 0 Å². The summed E-state index contributed by atoms with van der Waals surface area (Å²) in [7, 11) is 3.59. The van der Waals surface area contributed by atoms with Gasteiger partial charge in [0.2, 0.25) is 0 Å². The molecule has 0 amide bonds. The lowest BCUT2D eigenvalue weighted by Crippen LogP contribution is -2.31. The fourth-order valence-electron chi connectivity index (χ4n) is 1.82. The third-order valence-corrected chi connectivity index (χ3v) is 3.62. The Hall–Kier alpha value is -0.690. The molecule has 0 aliphatic heterocycles. The Balaban J connectivity index is 2.72. The number of halogens is 1. The van der Waals surface area contributed by atoms with Crippen molar-refractivity contribution in [3.05, 3.63) is 16.4 Å². The predicted molar refractivity (Wildman–Crippen MR) is 81.5 cm³/mol. The van der Waals surface area contributed by atoms with Gasteiger partial charge in [0.1, 0.15) is 0 Å². The highest BCUT2D eigenvalue weighted by atomic mass is 35.5. The fraction of sp³-hybridized carbons (Fsp3) is 0.667. The molecule has 1 heterocycles. The summed E-state index contributed by atoms with van der Waals surface area (Å²) in [4.78, 5) is 2.74. The molecule has 0 atom stereocenters. The van der Waals surface area contributed by atoms with Gasteiger partial charge in [0.25, 0.3) is 0 Å². The minimum atomic E-state index is 0.523. The Labute approximate surface area is 124 Å². The molecule has 1 aromatic rings. The molecule has 0 bridgehead atoms. The van der Waals surface area contributed by atoms with E-state index in [0.717, 1.165) is 29.5 Å². The Morgan fingerprint density at radius 2 is 2.21 bits per heavy atom. The van der Waals surface area contributed by atoms with Gasteiger partial charge < -0.3 is 10.5 Å². The second kappa shape index (κ2) is 7.79. The van der Waals surface area contributed by atoms with E-state index in [4.69, 9.17) is 34.3 Å². The van der Waals surface area contributed by atoms with Crippen LogP contribution in [0, 0.1) is 6.92 Å². The smallest absolute Gasteiger partial charge is 0.0860 e. The number of nitrogens with zero attached hydrogens (tertiary/aromatic N) is 3. The monoisotopic (exact) mass is 304 g/mol. The van der Waals surface area contributed by atoms with Crippen molar-refractivity contribution < 1.29 is 4.74 Å². The Morgan fingerprint density at radius 3 is 2.68 bits per heavy atom. The number of aromatic nitrogens is 2. The summed E-state index contributed by atoms with van der Waals surface area (Å²) >= 11 is 11.2. The molecule has 0 fully saturated rings. The summed E-state index contributed by atoms with van der Waals surface area (Å²) in [6, 6.07) is 0. The van der Waals surface area contributed by atoms with Gasteiger partial charge in [0.05, 0.1) is 28.0 Å². The van der Waals surface area contributed by atoms with E-state index in [1.165, 1.54) is 0 Å². The second-order valence-electron chi connectivity index (χ2n) is 4.45. The molecular weight excluding hydrogens is 284 g/mol. The average Bonchev–Trinajstić information content (AvgIpc) is 2.58. The van der Waals surface area contributed by atoms with Gasteiger partial charge in [-0.05, 0) is 6.92 Å². The van der Waals surface area contributed by atoms with Gasteiger partial charge in [-0.2, -0.15) is 5.10 Å². The number of aryl methyl sites for hydroxylation is 2. The highest BCUT2D eigenvalue weighted by Crippen LogP contribution is 2.20. The predicted octanol–water partition coefficient (Wildman–Crippen LogP) is 1.51. The number of hydrogen-bond acceptors (Lipinski definition) is 4. The van der Waals surface area contributed by atoms with Gasteiger partial charge in [-0.25, -0.2) is 0 Å². The molecule has 0 aliphatic carbocycles. The van der Waals surface area contributed by atoms with Crippen molar-refractivity contribution in [2.45, 2.75) is 19.9 Å². The summed E-state index contributed by atoms with van der Waals surface area (Å²) in [6.45, 7) is 4.87. The molecule has 1 aromatic heterocycles. The van der Waals surface area contributed by atoms with E-state index in [2.05, 4.69) is 10.00 Å². The van der Waals surface area contributed by atoms with Crippen molar-refractivity contribution >= 4 is 28.8 Å². The minimum Gasteiger partial charge on any atom is -0.393 e. The van der Waals surface area contributed by atoms with E-state index < -0.39 is 0 Å². The van der Waals surface area contributed by atoms with Gasteiger partial charge in [0, 0.05) is 40.2 Å². The molecule has 0 radical (unpaired) electrons. The summed E-state index contributed by atoms with van der Waals surface area (Å²) < 4.78 is 6.94. The van der Waals surface area contributed by atoms with Crippen LogP contribution in [0.5, 0.6) is 0 Å². The number of rotatable bonds is 8. The molecule has 2 N–H and O–H groups in total. The van der Waals surface area contributed by atoms with E-state index in [1.807, 2.05) is 18.7 Å². The lowest BCUT2D eigenvalue weighted by atomic mass is 10.3. The molecule has 0 aliphatic rings. The van der Waals surface area contributed by atoms with Gasteiger partial charge in [-0.1, -0.05) is 23.8 Å². The van der Waals surface area contributed by atoms with E-state index in [0.29, 0.717) is 24.6 Å². The standard InChI is InChI=1S/C12H21ClN4OS/c1-9-12(13)10(16(2)15-9)8-17(6-7-18-3)5-4-11(14)19/h4-8H2,1-3H3,(H2,14,19). The van der Waals surface area contributed by atoms with E-state index >= 15 is 0 Å². The van der Waals surface area contributed by atoms with E-state index in [-0.39, 0.29) is 0 Å². The van der Waals surface area contributed by atoms with Crippen LogP contribution in [0.4, 0.5) is 0 Å². The first-order valence-corrected chi connectivity index (χ1v) is 6.92. The zero-order valence-corrected chi connectivity index (χ0v) is 13.2. The lowest BCUT2D eigenvalue weighted by Gasteiger charge is -2.21. The molecule has 0 unspecified atom stereocenters. The van der Waals surface area contributed by atoms with Crippen LogP contribution in [0.2, 0.25) is 5.02 Å². The van der Waals surface area contributed by atoms with Crippen LogP contribution in [0.3, 0.4) is 0 Å². The molecular formula is C12H21ClN4OS. The number of nitrogens with two attached hydrogens (primary N) is 1. The van der Waals surface area contributed by atoms with Crippen LogP contribution >= 0.6 is 23.8 Å². The first kappa shape index (κ1) is 16.4. The van der Waals surface area contributed by atoms with Gasteiger partial charge in [-0.15, -0.1) is 0 Å². The molecule has 0 aromatic carbocycles. The largest absolute Gasteiger partial charge is 0.393 e. The normalized spacial score (nSPS) is 11.2. The fourth-order valence-corrected chi connectivity index (χ4v) is 2.13. The number of hydrogen-bond donors (Lipinski definition) is 1. The quantitative estimate of drug-likeness (QED) is 0.738. The number of methoxy groups -OCH3 is 1. The van der Waals surface area contributed by atoms with Crippen LogP contribution < -0.4 is 5.73 Å². The topological polar surface area (TPSA) is 56.3 Å². The Kier molecular flexibility index (Phi) is 6.71. The van der Waals surface area contributed by atoms with Gasteiger partial charge >= 0.3 is 0 Å². The van der Waals surface area contributed by atoms with Crippen LogP contribution in [0.15, 0.2) is 0 Å². The van der Waals surface area contributed by atoms with Gasteiger partial charge in [-0.3, -0.25) is 9.58 Å².